The zero-order chi connectivity index (χ0) is 20.8. The number of aliphatic hydroxyl groups excluding tert-OH is 2. The van der Waals surface area contributed by atoms with E-state index < -0.39 is 18.2 Å². The van der Waals surface area contributed by atoms with Crippen molar-refractivity contribution in [2.75, 3.05) is 0 Å². The Morgan fingerprint density at radius 3 is 2.39 bits per heavy atom. The zero-order valence-corrected chi connectivity index (χ0v) is 17.0. The molecule has 0 spiro atoms. The molecule has 1 aromatic rings. The molecule has 0 aromatic heterocycles. The quantitative estimate of drug-likeness (QED) is 0.430. The first-order valence-corrected chi connectivity index (χ1v) is 9.95. The predicted octanol–water partition coefficient (Wildman–Crippen LogP) is 4.68. The van der Waals surface area contributed by atoms with Crippen LogP contribution >= 0.6 is 0 Å². The van der Waals surface area contributed by atoms with Crippen LogP contribution in [0.3, 0.4) is 0 Å². The van der Waals surface area contributed by atoms with Gasteiger partial charge in [0.15, 0.2) is 0 Å². The third-order valence-corrected chi connectivity index (χ3v) is 4.60. The van der Waals surface area contributed by atoms with Crippen LogP contribution < -0.4 is 0 Å². The lowest BCUT2D eigenvalue weighted by Crippen LogP contribution is -2.23. The lowest BCUT2D eigenvalue weighted by molar-refractivity contribution is -0.137. The van der Waals surface area contributed by atoms with Gasteiger partial charge in [-0.25, -0.2) is 0 Å². The van der Waals surface area contributed by atoms with Gasteiger partial charge in [-0.05, 0) is 43.1 Å². The van der Waals surface area contributed by atoms with Crippen molar-refractivity contribution in [2.45, 2.75) is 64.6 Å². The van der Waals surface area contributed by atoms with Gasteiger partial charge >= 0.3 is 5.97 Å². The fraction of sp³-hybridized carbons (Fsp3) is 0.458. The van der Waals surface area contributed by atoms with E-state index in [4.69, 9.17) is 5.11 Å². The van der Waals surface area contributed by atoms with E-state index in [1.807, 2.05) is 24.3 Å². The Hall–Kier alpha value is -2.17. The molecule has 154 valence electrons. The molecule has 3 N–H and O–H groups in total. The maximum Gasteiger partial charge on any atom is 0.303 e. The molecule has 4 heteroatoms. The number of hydrogen-bond acceptors (Lipinski definition) is 3. The molecule has 1 rings (SSSR count). The number of aryl methyl sites for hydroxylation is 1. The fourth-order valence-corrected chi connectivity index (χ4v) is 2.86. The van der Waals surface area contributed by atoms with Crippen molar-refractivity contribution < 1.29 is 20.1 Å². The molecule has 0 radical (unpaired) electrons. The normalized spacial score (nSPS) is 14.9. The molecule has 0 aliphatic rings. The highest BCUT2D eigenvalue weighted by atomic mass is 16.4. The predicted molar refractivity (Wildman–Crippen MR) is 114 cm³/mol. The summed E-state index contributed by atoms with van der Waals surface area (Å²) in [5, 5.41) is 28.2. The van der Waals surface area contributed by atoms with E-state index in [0.29, 0.717) is 6.42 Å². The summed E-state index contributed by atoms with van der Waals surface area (Å²) in [5.74, 6) is -0.894. The van der Waals surface area contributed by atoms with E-state index in [0.717, 1.165) is 19.3 Å². The molecule has 28 heavy (non-hydrogen) atoms. The van der Waals surface area contributed by atoms with Crippen LogP contribution in [0.4, 0.5) is 0 Å². The summed E-state index contributed by atoms with van der Waals surface area (Å²) < 4.78 is 0. The van der Waals surface area contributed by atoms with Crippen molar-refractivity contribution in [2.24, 2.45) is 5.41 Å². The number of carboxylic acid groups (broad SMARTS) is 1. The Bertz CT molecular complexity index is 644. The van der Waals surface area contributed by atoms with Crippen molar-refractivity contribution in [3.8, 4) is 0 Å². The van der Waals surface area contributed by atoms with Crippen molar-refractivity contribution in [1.82, 2.24) is 0 Å². The molecule has 0 unspecified atom stereocenters. The molecule has 1 aromatic carbocycles. The molecule has 0 saturated carbocycles. The number of allylic oxidation sites excluding steroid dienone is 5. The van der Waals surface area contributed by atoms with Crippen LogP contribution in [0.1, 0.15) is 51.5 Å². The zero-order valence-electron chi connectivity index (χ0n) is 17.0. The number of benzene rings is 1. The van der Waals surface area contributed by atoms with Crippen LogP contribution in [0.15, 0.2) is 66.8 Å². The van der Waals surface area contributed by atoms with Gasteiger partial charge in [0.2, 0.25) is 0 Å². The van der Waals surface area contributed by atoms with Gasteiger partial charge in [0.1, 0.15) is 0 Å². The van der Waals surface area contributed by atoms with Crippen LogP contribution in [0.25, 0.3) is 0 Å². The number of aliphatic carboxylic acids is 1. The number of carbonyl (C=O) groups is 1. The summed E-state index contributed by atoms with van der Waals surface area (Å²) in [6.45, 7) is 4.44. The van der Waals surface area contributed by atoms with Gasteiger partial charge in [0.05, 0.1) is 12.2 Å². The average Bonchev–Trinajstić information content (AvgIpc) is 2.64. The largest absolute Gasteiger partial charge is 0.481 e. The minimum absolute atomic E-state index is 0.000669. The molecule has 0 amide bonds. The molecule has 0 fully saturated rings. The summed E-state index contributed by atoms with van der Waals surface area (Å²) in [6, 6.07) is 10.5. The molecule has 0 saturated heterocycles. The highest BCUT2D eigenvalue weighted by Crippen LogP contribution is 2.25. The van der Waals surface area contributed by atoms with Crippen LogP contribution in [0, 0.1) is 5.41 Å². The molecular formula is C24H34O4. The van der Waals surface area contributed by atoms with E-state index in [9.17, 15) is 15.0 Å². The van der Waals surface area contributed by atoms with E-state index in [2.05, 4.69) is 44.2 Å². The van der Waals surface area contributed by atoms with Gasteiger partial charge in [-0.3, -0.25) is 4.79 Å². The van der Waals surface area contributed by atoms with Gasteiger partial charge in [0, 0.05) is 6.42 Å². The highest BCUT2D eigenvalue weighted by Gasteiger charge is 2.13. The Morgan fingerprint density at radius 2 is 1.71 bits per heavy atom. The van der Waals surface area contributed by atoms with Crippen LogP contribution in [0.2, 0.25) is 0 Å². The summed E-state index contributed by atoms with van der Waals surface area (Å²) in [6.07, 6.45) is 13.1. The summed E-state index contributed by atoms with van der Waals surface area (Å²) in [5.41, 5.74) is 1.49. The summed E-state index contributed by atoms with van der Waals surface area (Å²) in [4.78, 5) is 10.4. The molecule has 4 nitrogen and oxygen atoms in total. The topological polar surface area (TPSA) is 77.8 Å². The van der Waals surface area contributed by atoms with E-state index in [1.165, 1.54) is 11.6 Å². The van der Waals surface area contributed by atoms with E-state index in [1.54, 1.807) is 6.08 Å². The van der Waals surface area contributed by atoms with Crippen molar-refractivity contribution >= 4 is 5.97 Å². The van der Waals surface area contributed by atoms with E-state index >= 15 is 0 Å². The first kappa shape index (κ1) is 23.9. The smallest absolute Gasteiger partial charge is 0.303 e. The maximum absolute atomic E-state index is 10.4. The van der Waals surface area contributed by atoms with Gasteiger partial charge in [0.25, 0.3) is 0 Å². The SMILES string of the molecule is CC(C)(\C=C/C=C/C=C/[C@@H](O)[C@@H](O)CCCC(=O)O)CCCc1ccccc1. The van der Waals surface area contributed by atoms with Gasteiger partial charge in [-0.2, -0.15) is 0 Å². The third-order valence-electron chi connectivity index (χ3n) is 4.60. The van der Waals surface area contributed by atoms with Crippen molar-refractivity contribution in [3.05, 3.63) is 72.4 Å². The molecular weight excluding hydrogens is 352 g/mol. The minimum atomic E-state index is -0.989. The molecule has 0 bridgehead atoms. The van der Waals surface area contributed by atoms with E-state index in [-0.39, 0.29) is 18.3 Å². The Balaban J connectivity index is 2.30. The number of rotatable bonds is 13. The molecule has 0 heterocycles. The summed E-state index contributed by atoms with van der Waals surface area (Å²) >= 11 is 0. The van der Waals surface area contributed by atoms with Gasteiger partial charge in [-0.1, -0.05) is 80.6 Å². The first-order valence-electron chi connectivity index (χ1n) is 9.95. The van der Waals surface area contributed by atoms with Crippen LogP contribution in [-0.4, -0.2) is 33.5 Å². The molecule has 0 aliphatic heterocycles. The standard InChI is InChI=1S/C24H34O4/c1-24(2,19-11-14-20-12-6-5-7-13-20)18-9-4-3-8-15-21(25)22(26)16-10-17-23(27)28/h3-9,12-13,15,18,21-22,25-26H,10-11,14,16-17,19H2,1-2H3,(H,27,28)/b4-3+,15-8+,18-9-/t21-,22+/m1/s1. The Kier molecular flexibility index (Phi) is 11.2. The fourth-order valence-electron chi connectivity index (χ4n) is 2.86. The first-order chi connectivity index (χ1) is 13.3. The number of aliphatic hydroxyl groups is 2. The average molecular weight is 387 g/mol. The molecule has 0 aliphatic carbocycles. The third kappa shape index (κ3) is 11.5. The Morgan fingerprint density at radius 1 is 1.04 bits per heavy atom. The monoisotopic (exact) mass is 386 g/mol. The van der Waals surface area contributed by atoms with Gasteiger partial charge in [-0.15, -0.1) is 0 Å². The van der Waals surface area contributed by atoms with Crippen LogP contribution in [-0.2, 0) is 11.2 Å². The lowest BCUT2D eigenvalue weighted by atomic mass is 9.86. The van der Waals surface area contributed by atoms with Crippen molar-refractivity contribution in [1.29, 1.82) is 0 Å². The van der Waals surface area contributed by atoms with Gasteiger partial charge < -0.3 is 15.3 Å². The number of carboxylic acids is 1. The second kappa shape index (κ2) is 13.1. The lowest BCUT2D eigenvalue weighted by Gasteiger charge is -2.19. The highest BCUT2D eigenvalue weighted by molar-refractivity contribution is 5.66. The molecule has 2 atom stereocenters. The summed E-state index contributed by atoms with van der Waals surface area (Å²) in [7, 11) is 0. The second-order valence-electron chi connectivity index (χ2n) is 7.80. The minimum Gasteiger partial charge on any atom is -0.481 e. The van der Waals surface area contributed by atoms with Crippen molar-refractivity contribution in [3.63, 3.8) is 0 Å². The van der Waals surface area contributed by atoms with Crippen LogP contribution in [0.5, 0.6) is 0 Å². The second-order valence-corrected chi connectivity index (χ2v) is 7.80. The maximum atomic E-state index is 10.4. The number of hydrogen-bond donors (Lipinski definition) is 3. The Labute approximate surface area is 168 Å².